The van der Waals surface area contributed by atoms with Crippen molar-refractivity contribution < 1.29 is 14.3 Å². The predicted molar refractivity (Wildman–Crippen MR) is 116 cm³/mol. The van der Waals surface area contributed by atoms with Crippen molar-refractivity contribution in [3.63, 3.8) is 0 Å². The van der Waals surface area contributed by atoms with Gasteiger partial charge in [-0.15, -0.1) is 0 Å². The number of urea groups is 1. The van der Waals surface area contributed by atoms with E-state index in [-0.39, 0.29) is 6.03 Å². The van der Waals surface area contributed by atoms with Crippen LogP contribution in [0.2, 0.25) is 0 Å². The molecule has 0 aliphatic rings. The Hall–Kier alpha value is -4.33. The van der Waals surface area contributed by atoms with Crippen LogP contribution >= 0.6 is 0 Å². The highest BCUT2D eigenvalue weighted by molar-refractivity contribution is 6.08. The van der Waals surface area contributed by atoms with E-state index >= 15 is 0 Å². The number of nitrogens with zero attached hydrogens (tertiary/aromatic N) is 1. The molecule has 4 rings (SSSR count). The maximum atomic E-state index is 12.2. The fourth-order valence-corrected chi connectivity index (χ4v) is 3.17. The minimum absolute atomic E-state index is 0.293. The number of amides is 3. The molecule has 0 atom stereocenters. The normalized spacial score (nSPS) is 10.6. The van der Waals surface area contributed by atoms with Crippen molar-refractivity contribution >= 4 is 34.3 Å². The number of rotatable bonds is 5. The minimum atomic E-state index is -0.566. The summed E-state index contributed by atoms with van der Waals surface area (Å²) < 4.78 is 5.10. The average molecular weight is 401 g/mol. The van der Waals surface area contributed by atoms with Gasteiger partial charge in [-0.3, -0.25) is 9.78 Å². The van der Waals surface area contributed by atoms with Gasteiger partial charge in [0.1, 0.15) is 11.4 Å². The number of aromatic amines is 1. The lowest BCUT2D eigenvalue weighted by Crippen LogP contribution is -2.19. The first-order valence-corrected chi connectivity index (χ1v) is 9.14. The Bertz CT molecular complexity index is 1210. The summed E-state index contributed by atoms with van der Waals surface area (Å²) in [5.41, 5.74) is 9.83. The Morgan fingerprint density at radius 1 is 0.967 bits per heavy atom. The van der Waals surface area contributed by atoms with E-state index in [9.17, 15) is 9.59 Å². The van der Waals surface area contributed by atoms with Crippen LogP contribution in [0.5, 0.6) is 5.75 Å². The zero-order valence-corrected chi connectivity index (χ0v) is 16.1. The molecule has 0 fully saturated rings. The second-order valence-electron chi connectivity index (χ2n) is 6.52. The van der Waals surface area contributed by atoms with Crippen molar-refractivity contribution in [3.8, 4) is 16.9 Å². The first kappa shape index (κ1) is 19.0. The third kappa shape index (κ3) is 3.79. The first-order chi connectivity index (χ1) is 14.5. The SMILES string of the molecule is COc1ccc(NC(=O)Nc2ccc(-c3c(C(N)=O)[nH]c4cccnc34)cc2)cc1. The number of nitrogens with two attached hydrogens (primary N) is 1. The molecule has 0 unspecified atom stereocenters. The minimum Gasteiger partial charge on any atom is -0.497 e. The van der Waals surface area contributed by atoms with Crippen molar-refractivity contribution in [2.24, 2.45) is 5.73 Å². The van der Waals surface area contributed by atoms with E-state index in [0.717, 1.165) is 11.1 Å². The summed E-state index contributed by atoms with van der Waals surface area (Å²) in [6.45, 7) is 0. The molecule has 0 spiro atoms. The van der Waals surface area contributed by atoms with Crippen molar-refractivity contribution in [2.45, 2.75) is 0 Å². The van der Waals surface area contributed by atoms with Crippen molar-refractivity contribution in [3.05, 3.63) is 72.6 Å². The highest BCUT2D eigenvalue weighted by Gasteiger charge is 2.18. The molecule has 2 heterocycles. The number of carbonyl (C=O) groups excluding carboxylic acids is 2. The molecule has 0 bridgehead atoms. The molecular formula is C22H19N5O3. The van der Waals surface area contributed by atoms with Crippen LogP contribution < -0.4 is 21.1 Å². The van der Waals surface area contributed by atoms with Crippen LogP contribution in [0.3, 0.4) is 0 Å². The van der Waals surface area contributed by atoms with Crippen LogP contribution in [0, 0.1) is 0 Å². The van der Waals surface area contributed by atoms with E-state index in [0.29, 0.717) is 33.9 Å². The summed E-state index contributed by atoms with van der Waals surface area (Å²) >= 11 is 0. The van der Waals surface area contributed by atoms with Crippen LogP contribution in [0.25, 0.3) is 22.2 Å². The molecule has 0 saturated heterocycles. The number of ether oxygens (including phenoxy) is 1. The number of hydrogen-bond donors (Lipinski definition) is 4. The lowest BCUT2D eigenvalue weighted by molar-refractivity contribution is 0.0997. The number of primary amides is 1. The molecule has 30 heavy (non-hydrogen) atoms. The van der Waals surface area contributed by atoms with E-state index in [1.54, 1.807) is 67.9 Å². The lowest BCUT2D eigenvalue weighted by atomic mass is 10.0. The number of fused-ring (bicyclic) bond motifs is 1. The van der Waals surface area contributed by atoms with E-state index in [1.807, 2.05) is 6.07 Å². The molecule has 0 aliphatic heterocycles. The zero-order valence-electron chi connectivity index (χ0n) is 16.1. The largest absolute Gasteiger partial charge is 0.497 e. The summed E-state index contributed by atoms with van der Waals surface area (Å²) in [6.07, 6.45) is 1.66. The number of carbonyl (C=O) groups is 2. The van der Waals surface area contributed by atoms with Gasteiger partial charge >= 0.3 is 6.03 Å². The Kier molecular flexibility index (Phi) is 5.04. The number of pyridine rings is 1. The molecule has 0 aliphatic carbocycles. The molecule has 150 valence electrons. The molecule has 2 aromatic carbocycles. The highest BCUT2D eigenvalue weighted by atomic mass is 16.5. The Labute approximate surface area is 172 Å². The van der Waals surface area contributed by atoms with Gasteiger partial charge in [-0.25, -0.2) is 4.79 Å². The Balaban J connectivity index is 1.53. The number of hydrogen-bond acceptors (Lipinski definition) is 4. The van der Waals surface area contributed by atoms with Crippen molar-refractivity contribution in [2.75, 3.05) is 17.7 Å². The van der Waals surface area contributed by atoms with Gasteiger partial charge < -0.3 is 26.1 Å². The van der Waals surface area contributed by atoms with Gasteiger partial charge in [-0.05, 0) is 54.1 Å². The van der Waals surface area contributed by atoms with Crippen LogP contribution in [0.4, 0.5) is 16.2 Å². The number of anilines is 2. The first-order valence-electron chi connectivity index (χ1n) is 9.14. The quantitative estimate of drug-likeness (QED) is 0.404. The zero-order chi connectivity index (χ0) is 21.1. The molecular weight excluding hydrogens is 382 g/mol. The Morgan fingerprint density at radius 2 is 1.60 bits per heavy atom. The third-order valence-corrected chi connectivity index (χ3v) is 4.58. The topological polar surface area (TPSA) is 122 Å². The van der Waals surface area contributed by atoms with Crippen LogP contribution in [0.1, 0.15) is 10.5 Å². The standard InChI is InChI=1S/C22H19N5O3/c1-30-16-10-8-15(9-11-16)26-22(29)25-14-6-4-13(5-7-14)18-19-17(3-2-12-24-19)27-20(18)21(23)28/h2-12,27H,1H3,(H2,23,28)(H2,25,26,29). The van der Waals surface area contributed by atoms with Gasteiger partial charge in [0.05, 0.1) is 18.1 Å². The predicted octanol–water partition coefficient (Wildman–Crippen LogP) is 3.98. The molecule has 5 N–H and O–H groups in total. The fraction of sp³-hybridized carbons (Fsp3) is 0.0455. The van der Waals surface area contributed by atoms with E-state index in [4.69, 9.17) is 10.5 Å². The van der Waals surface area contributed by atoms with Crippen LogP contribution in [-0.4, -0.2) is 29.0 Å². The summed E-state index contributed by atoms with van der Waals surface area (Å²) in [5, 5.41) is 5.52. The fourth-order valence-electron chi connectivity index (χ4n) is 3.17. The maximum absolute atomic E-state index is 12.2. The number of H-pyrrole nitrogens is 1. The van der Waals surface area contributed by atoms with Gasteiger partial charge in [0.25, 0.3) is 5.91 Å². The lowest BCUT2D eigenvalue weighted by Gasteiger charge is -2.09. The second-order valence-corrected chi connectivity index (χ2v) is 6.52. The molecule has 8 heteroatoms. The summed E-state index contributed by atoms with van der Waals surface area (Å²) in [7, 11) is 1.58. The molecule has 2 aromatic heterocycles. The third-order valence-electron chi connectivity index (χ3n) is 4.58. The smallest absolute Gasteiger partial charge is 0.323 e. The van der Waals surface area contributed by atoms with E-state index in [2.05, 4.69) is 20.6 Å². The van der Waals surface area contributed by atoms with E-state index < -0.39 is 5.91 Å². The summed E-state index contributed by atoms with van der Waals surface area (Å²) in [5.74, 6) is 0.141. The monoisotopic (exact) mass is 401 g/mol. The molecule has 0 radical (unpaired) electrons. The second kappa shape index (κ2) is 7.96. The molecule has 3 amide bonds. The van der Waals surface area contributed by atoms with E-state index in [1.165, 1.54) is 0 Å². The summed E-state index contributed by atoms with van der Waals surface area (Å²) in [6, 6.07) is 17.3. The van der Waals surface area contributed by atoms with Gasteiger partial charge in [0, 0.05) is 23.1 Å². The van der Waals surface area contributed by atoms with Crippen molar-refractivity contribution in [1.29, 1.82) is 0 Å². The molecule has 0 saturated carbocycles. The Morgan fingerprint density at radius 3 is 2.20 bits per heavy atom. The number of nitrogens with one attached hydrogen (secondary N) is 3. The van der Waals surface area contributed by atoms with Gasteiger partial charge in [0.2, 0.25) is 0 Å². The number of benzene rings is 2. The summed E-state index contributed by atoms with van der Waals surface area (Å²) in [4.78, 5) is 31.5. The van der Waals surface area contributed by atoms with Gasteiger partial charge in [-0.1, -0.05) is 12.1 Å². The van der Waals surface area contributed by atoms with Gasteiger partial charge in [-0.2, -0.15) is 0 Å². The highest BCUT2D eigenvalue weighted by Crippen LogP contribution is 2.31. The molecule has 4 aromatic rings. The number of aromatic nitrogens is 2. The van der Waals surface area contributed by atoms with Crippen LogP contribution in [0.15, 0.2) is 66.9 Å². The maximum Gasteiger partial charge on any atom is 0.323 e. The average Bonchev–Trinajstić information content (AvgIpc) is 3.15. The van der Waals surface area contributed by atoms with Crippen molar-refractivity contribution in [1.82, 2.24) is 9.97 Å². The number of methoxy groups -OCH3 is 1. The van der Waals surface area contributed by atoms with Crippen LogP contribution in [-0.2, 0) is 0 Å². The molecule has 8 nitrogen and oxygen atoms in total. The van der Waals surface area contributed by atoms with Gasteiger partial charge in [0.15, 0.2) is 0 Å².